The number of hydrogen-bond acceptors (Lipinski definition) is 0. The molecule has 0 aromatic heterocycles. The van der Waals surface area contributed by atoms with Crippen LogP contribution in [-0.2, 0) is 0 Å². The molecule has 0 aliphatic heterocycles. The van der Waals surface area contributed by atoms with Crippen molar-refractivity contribution in [3.8, 4) is 0 Å². The van der Waals surface area contributed by atoms with Gasteiger partial charge in [0.1, 0.15) is 0 Å². The van der Waals surface area contributed by atoms with Gasteiger partial charge in [-0.05, 0) is 11.1 Å². The zero-order valence-electron chi connectivity index (χ0n) is 9.08. The van der Waals surface area contributed by atoms with Crippen LogP contribution in [0.25, 0.3) is 0 Å². The van der Waals surface area contributed by atoms with Gasteiger partial charge in [0.05, 0.1) is 0 Å². The third-order valence-corrected chi connectivity index (χ3v) is 3.20. The van der Waals surface area contributed by atoms with Crippen molar-refractivity contribution in [3.63, 3.8) is 0 Å². The van der Waals surface area contributed by atoms with Crippen LogP contribution in [0.4, 0.5) is 0 Å². The van der Waals surface area contributed by atoms with Crippen molar-refractivity contribution in [2.75, 3.05) is 0 Å². The van der Waals surface area contributed by atoms with E-state index in [2.05, 4.69) is 72.9 Å². The van der Waals surface area contributed by atoms with Gasteiger partial charge < -0.3 is 0 Å². The summed E-state index contributed by atoms with van der Waals surface area (Å²) in [7, 11) is 0. The van der Waals surface area contributed by atoms with Gasteiger partial charge in [-0.1, -0.05) is 72.9 Å². The topological polar surface area (TPSA) is 0 Å². The minimum Gasteiger partial charge on any atom is -0.0732 e. The van der Waals surface area contributed by atoms with Crippen LogP contribution < -0.4 is 0 Å². The molecule has 0 saturated heterocycles. The van der Waals surface area contributed by atoms with E-state index in [0.717, 1.165) is 0 Å². The highest BCUT2D eigenvalue weighted by Gasteiger charge is 2.09. The van der Waals surface area contributed by atoms with Crippen molar-refractivity contribution in [1.82, 2.24) is 0 Å². The van der Waals surface area contributed by atoms with Crippen LogP contribution >= 0.6 is 0 Å². The van der Waals surface area contributed by atoms with Gasteiger partial charge in [-0.2, -0.15) is 0 Å². The van der Waals surface area contributed by atoms with Crippen molar-refractivity contribution >= 4 is 0 Å². The Bertz CT molecular complexity index is 412. The molecule has 2 aliphatic rings. The molecule has 0 amide bonds. The lowest BCUT2D eigenvalue weighted by molar-refractivity contribution is 1.06. The molecule has 0 atom stereocenters. The largest absolute Gasteiger partial charge is 0.0732 e. The minimum atomic E-state index is 0.476. The molecular formula is C16H14. The van der Waals surface area contributed by atoms with Gasteiger partial charge >= 0.3 is 0 Å². The number of allylic oxidation sites excluding steroid dienone is 8. The first-order valence-electron chi connectivity index (χ1n) is 5.73. The maximum Gasteiger partial charge on any atom is 0.0204 e. The molecule has 0 unspecified atom stereocenters. The molecule has 0 heteroatoms. The van der Waals surface area contributed by atoms with E-state index in [1.165, 1.54) is 11.1 Å². The fourth-order valence-electron chi connectivity index (χ4n) is 2.25. The molecule has 3 rings (SSSR count). The monoisotopic (exact) mass is 206 g/mol. The maximum absolute atomic E-state index is 2.24. The standard InChI is InChI=1S/C16H14/c1-2-6-13(5-1)15-9-11-16(12-10-15)14-7-3-4-8-14/h1-14H. The van der Waals surface area contributed by atoms with Gasteiger partial charge in [-0.25, -0.2) is 0 Å². The number of benzene rings is 1. The second-order valence-electron chi connectivity index (χ2n) is 4.26. The summed E-state index contributed by atoms with van der Waals surface area (Å²) in [5.74, 6) is 0.951. The molecule has 1 aromatic rings. The molecule has 1 aromatic carbocycles. The Balaban J connectivity index is 1.84. The van der Waals surface area contributed by atoms with Crippen LogP contribution in [0.1, 0.15) is 23.0 Å². The molecule has 2 aliphatic carbocycles. The normalized spacial score (nSPS) is 19.0. The molecule has 78 valence electrons. The Morgan fingerprint density at radius 2 is 0.812 bits per heavy atom. The zero-order valence-corrected chi connectivity index (χ0v) is 9.08. The summed E-state index contributed by atoms with van der Waals surface area (Å²) in [6.07, 6.45) is 17.4. The van der Waals surface area contributed by atoms with E-state index < -0.39 is 0 Å². The van der Waals surface area contributed by atoms with Crippen LogP contribution in [-0.4, -0.2) is 0 Å². The van der Waals surface area contributed by atoms with E-state index in [1.807, 2.05) is 0 Å². The smallest absolute Gasteiger partial charge is 0.0204 e. The molecule has 0 N–H and O–H groups in total. The summed E-state index contributed by atoms with van der Waals surface area (Å²) in [4.78, 5) is 0. The SMILES string of the molecule is C1=CC(c2ccc(C3C=CC=C3)cc2)C=C1. The Morgan fingerprint density at radius 1 is 0.500 bits per heavy atom. The minimum absolute atomic E-state index is 0.476. The second kappa shape index (κ2) is 3.97. The van der Waals surface area contributed by atoms with Crippen LogP contribution in [0.5, 0.6) is 0 Å². The van der Waals surface area contributed by atoms with Crippen LogP contribution in [0, 0.1) is 0 Å². The zero-order chi connectivity index (χ0) is 10.8. The molecule has 0 spiro atoms. The van der Waals surface area contributed by atoms with Gasteiger partial charge in [0.15, 0.2) is 0 Å². The second-order valence-corrected chi connectivity index (χ2v) is 4.26. The van der Waals surface area contributed by atoms with Crippen molar-refractivity contribution < 1.29 is 0 Å². The Kier molecular flexibility index (Phi) is 2.34. The summed E-state index contributed by atoms with van der Waals surface area (Å²) in [6.45, 7) is 0. The third-order valence-electron chi connectivity index (χ3n) is 3.20. The fourth-order valence-corrected chi connectivity index (χ4v) is 2.25. The van der Waals surface area contributed by atoms with Gasteiger partial charge in [0.2, 0.25) is 0 Å². The highest BCUT2D eigenvalue weighted by molar-refractivity contribution is 5.40. The Labute approximate surface area is 96.3 Å². The third kappa shape index (κ3) is 1.67. The quantitative estimate of drug-likeness (QED) is 0.683. The molecule has 0 bridgehead atoms. The summed E-state index contributed by atoms with van der Waals surface area (Å²) >= 11 is 0. The van der Waals surface area contributed by atoms with Gasteiger partial charge in [0.25, 0.3) is 0 Å². The van der Waals surface area contributed by atoms with E-state index in [-0.39, 0.29) is 0 Å². The molecule has 0 saturated carbocycles. The van der Waals surface area contributed by atoms with Crippen LogP contribution in [0.2, 0.25) is 0 Å². The van der Waals surface area contributed by atoms with Crippen LogP contribution in [0.15, 0.2) is 72.9 Å². The number of rotatable bonds is 2. The molecule has 0 heterocycles. The maximum atomic E-state index is 2.24. The summed E-state index contributed by atoms with van der Waals surface area (Å²) < 4.78 is 0. The highest BCUT2D eigenvalue weighted by atomic mass is 14.1. The molecule has 0 nitrogen and oxygen atoms in total. The van der Waals surface area contributed by atoms with E-state index >= 15 is 0 Å². The van der Waals surface area contributed by atoms with Crippen molar-refractivity contribution in [2.45, 2.75) is 11.8 Å². The van der Waals surface area contributed by atoms with E-state index in [9.17, 15) is 0 Å². The summed E-state index contributed by atoms with van der Waals surface area (Å²) in [6, 6.07) is 8.94. The summed E-state index contributed by atoms with van der Waals surface area (Å²) in [5, 5.41) is 0. The molecule has 0 radical (unpaired) electrons. The predicted octanol–water partition coefficient (Wildman–Crippen LogP) is 4.11. The lowest BCUT2D eigenvalue weighted by Crippen LogP contribution is -1.92. The van der Waals surface area contributed by atoms with Crippen molar-refractivity contribution in [3.05, 3.63) is 84.0 Å². The average Bonchev–Trinajstić information content (AvgIpc) is 3.03. The first-order valence-corrected chi connectivity index (χ1v) is 5.73. The first kappa shape index (κ1) is 9.41. The predicted molar refractivity (Wildman–Crippen MR) is 68.5 cm³/mol. The number of hydrogen-bond donors (Lipinski definition) is 0. The lowest BCUT2D eigenvalue weighted by Gasteiger charge is -2.09. The lowest BCUT2D eigenvalue weighted by atomic mass is 9.95. The molecule has 0 fully saturated rings. The van der Waals surface area contributed by atoms with E-state index in [4.69, 9.17) is 0 Å². The van der Waals surface area contributed by atoms with Crippen molar-refractivity contribution in [1.29, 1.82) is 0 Å². The van der Waals surface area contributed by atoms with Gasteiger partial charge in [-0.3, -0.25) is 0 Å². The Hall–Kier alpha value is -1.82. The average molecular weight is 206 g/mol. The molecule has 16 heavy (non-hydrogen) atoms. The van der Waals surface area contributed by atoms with Gasteiger partial charge in [0, 0.05) is 11.8 Å². The fraction of sp³-hybridized carbons (Fsp3) is 0.125. The summed E-state index contributed by atoms with van der Waals surface area (Å²) in [5.41, 5.74) is 2.75. The van der Waals surface area contributed by atoms with E-state index in [1.54, 1.807) is 0 Å². The Morgan fingerprint density at radius 3 is 1.12 bits per heavy atom. The van der Waals surface area contributed by atoms with Gasteiger partial charge in [-0.15, -0.1) is 0 Å². The first-order chi connectivity index (χ1) is 7.93. The highest BCUT2D eigenvalue weighted by Crippen LogP contribution is 2.27. The molecular weight excluding hydrogens is 192 g/mol. The van der Waals surface area contributed by atoms with Crippen LogP contribution in [0.3, 0.4) is 0 Å². The van der Waals surface area contributed by atoms with E-state index in [0.29, 0.717) is 11.8 Å². The van der Waals surface area contributed by atoms with Crippen molar-refractivity contribution in [2.24, 2.45) is 0 Å².